The Hall–Kier alpha value is -1.40. The van der Waals surface area contributed by atoms with Gasteiger partial charge in [-0.2, -0.15) is 0 Å². The molecule has 0 saturated carbocycles. The van der Waals surface area contributed by atoms with Crippen LogP contribution >= 0.6 is 27.5 Å². The third kappa shape index (κ3) is 2.37. The minimum absolute atomic E-state index is 0.0298. The molecule has 2 aromatic rings. The highest BCUT2D eigenvalue weighted by Gasteiger charge is 2.24. The maximum Gasteiger partial charge on any atom is 0.255 e. The third-order valence-electron chi connectivity index (χ3n) is 3.09. The first-order valence-corrected chi connectivity index (χ1v) is 6.93. The molecule has 0 saturated heterocycles. The number of hydrogen-bond acceptors (Lipinski definition) is 3. The standard InChI is InChI=1S/C12H10BrClN4O/c13-10-5-8(14)1-2-9(10)12(19)17-3-4-18-7-15-16-11(18)6-17/h1-2,5,7H,3-4,6H2. The third-order valence-corrected chi connectivity index (χ3v) is 3.98. The Morgan fingerprint density at radius 1 is 1.37 bits per heavy atom. The van der Waals surface area contributed by atoms with Gasteiger partial charge in [-0.25, -0.2) is 0 Å². The zero-order chi connectivity index (χ0) is 13.4. The fourth-order valence-electron chi connectivity index (χ4n) is 2.07. The monoisotopic (exact) mass is 340 g/mol. The first-order valence-electron chi connectivity index (χ1n) is 5.76. The van der Waals surface area contributed by atoms with E-state index in [1.54, 1.807) is 29.4 Å². The van der Waals surface area contributed by atoms with Crippen LogP contribution in [-0.2, 0) is 13.1 Å². The maximum atomic E-state index is 12.5. The van der Waals surface area contributed by atoms with Crippen LogP contribution in [0.4, 0.5) is 0 Å². The normalized spacial score (nSPS) is 14.3. The predicted molar refractivity (Wildman–Crippen MR) is 73.9 cm³/mol. The van der Waals surface area contributed by atoms with Crippen molar-refractivity contribution in [3.05, 3.63) is 45.4 Å². The Balaban J connectivity index is 1.85. The fraction of sp³-hybridized carbons (Fsp3) is 0.250. The van der Waals surface area contributed by atoms with Crippen LogP contribution in [0, 0.1) is 0 Å². The molecule has 0 atom stereocenters. The van der Waals surface area contributed by atoms with E-state index in [1.165, 1.54) is 0 Å². The van der Waals surface area contributed by atoms with E-state index in [2.05, 4.69) is 26.1 Å². The molecule has 3 rings (SSSR count). The highest BCUT2D eigenvalue weighted by Crippen LogP contribution is 2.24. The Morgan fingerprint density at radius 3 is 3.00 bits per heavy atom. The molecular formula is C12H10BrClN4O. The molecule has 5 nitrogen and oxygen atoms in total. The molecule has 1 amide bonds. The Bertz CT molecular complexity index is 642. The van der Waals surface area contributed by atoms with Crippen molar-refractivity contribution in [1.29, 1.82) is 0 Å². The van der Waals surface area contributed by atoms with Gasteiger partial charge in [0.05, 0.1) is 12.1 Å². The van der Waals surface area contributed by atoms with E-state index in [0.29, 0.717) is 28.1 Å². The molecule has 1 aliphatic rings. The molecule has 0 aliphatic carbocycles. The lowest BCUT2D eigenvalue weighted by molar-refractivity contribution is 0.0706. The Morgan fingerprint density at radius 2 is 2.21 bits per heavy atom. The van der Waals surface area contributed by atoms with Crippen LogP contribution in [0.15, 0.2) is 29.0 Å². The molecule has 0 fully saturated rings. The zero-order valence-corrected chi connectivity index (χ0v) is 12.2. The molecule has 1 aliphatic heterocycles. The highest BCUT2D eigenvalue weighted by molar-refractivity contribution is 9.10. The SMILES string of the molecule is O=C(c1ccc(Cl)cc1Br)N1CCn2cnnc2C1. The van der Waals surface area contributed by atoms with Crippen LogP contribution in [0.5, 0.6) is 0 Å². The van der Waals surface area contributed by atoms with Crippen molar-refractivity contribution in [3.63, 3.8) is 0 Å². The Kier molecular flexibility index (Phi) is 3.28. The van der Waals surface area contributed by atoms with Crippen molar-refractivity contribution in [2.75, 3.05) is 6.54 Å². The number of fused-ring (bicyclic) bond motifs is 1. The second-order valence-electron chi connectivity index (χ2n) is 4.29. The van der Waals surface area contributed by atoms with Gasteiger partial charge < -0.3 is 9.47 Å². The first-order chi connectivity index (χ1) is 9.15. The number of carbonyl (C=O) groups excluding carboxylic acids is 1. The van der Waals surface area contributed by atoms with E-state index < -0.39 is 0 Å². The van der Waals surface area contributed by atoms with E-state index in [0.717, 1.165) is 12.4 Å². The number of amides is 1. The van der Waals surface area contributed by atoms with Gasteiger partial charge >= 0.3 is 0 Å². The van der Waals surface area contributed by atoms with Gasteiger partial charge in [0, 0.05) is 22.6 Å². The van der Waals surface area contributed by atoms with Crippen molar-refractivity contribution in [1.82, 2.24) is 19.7 Å². The number of benzene rings is 1. The molecule has 98 valence electrons. The van der Waals surface area contributed by atoms with E-state index >= 15 is 0 Å². The summed E-state index contributed by atoms with van der Waals surface area (Å²) in [5, 5.41) is 8.45. The molecule has 2 heterocycles. The topological polar surface area (TPSA) is 51.0 Å². The largest absolute Gasteiger partial charge is 0.329 e. The number of carbonyl (C=O) groups is 1. The summed E-state index contributed by atoms with van der Waals surface area (Å²) in [5.41, 5.74) is 0.609. The minimum Gasteiger partial charge on any atom is -0.329 e. The fourth-order valence-corrected chi connectivity index (χ4v) is 2.93. The van der Waals surface area contributed by atoms with Crippen molar-refractivity contribution >= 4 is 33.4 Å². The Labute approximate surface area is 123 Å². The lowest BCUT2D eigenvalue weighted by Crippen LogP contribution is -2.38. The van der Waals surface area contributed by atoms with E-state index in [-0.39, 0.29) is 5.91 Å². The molecule has 0 bridgehead atoms. The van der Waals surface area contributed by atoms with E-state index in [1.807, 2.05) is 4.57 Å². The molecule has 19 heavy (non-hydrogen) atoms. The summed E-state index contributed by atoms with van der Waals surface area (Å²) in [6, 6.07) is 5.17. The van der Waals surface area contributed by atoms with Crippen molar-refractivity contribution < 1.29 is 4.79 Å². The van der Waals surface area contributed by atoms with E-state index in [4.69, 9.17) is 11.6 Å². The van der Waals surface area contributed by atoms with E-state index in [9.17, 15) is 4.79 Å². The number of hydrogen-bond donors (Lipinski definition) is 0. The molecule has 7 heteroatoms. The summed E-state index contributed by atoms with van der Waals surface area (Å²) in [6.45, 7) is 1.85. The summed E-state index contributed by atoms with van der Waals surface area (Å²) >= 11 is 9.26. The second kappa shape index (κ2) is 4.94. The maximum absolute atomic E-state index is 12.5. The van der Waals surface area contributed by atoms with Gasteiger partial charge in [-0.15, -0.1) is 10.2 Å². The minimum atomic E-state index is -0.0298. The first kappa shape index (κ1) is 12.6. The van der Waals surface area contributed by atoms with Crippen LogP contribution in [0.1, 0.15) is 16.2 Å². The number of rotatable bonds is 1. The molecule has 0 N–H and O–H groups in total. The quantitative estimate of drug-likeness (QED) is 0.800. The van der Waals surface area contributed by atoms with Gasteiger partial charge in [0.2, 0.25) is 0 Å². The molecule has 0 spiro atoms. The van der Waals surface area contributed by atoms with Crippen LogP contribution < -0.4 is 0 Å². The lowest BCUT2D eigenvalue weighted by atomic mass is 10.2. The van der Waals surface area contributed by atoms with Crippen LogP contribution in [0.3, 0.4) is 0 Å². The number of nitrogens with zero attached hydrogens (tertiary/aromatic N) is 4. The number of aromatic nitrogens is 3. The van der Waals surface area contributed by atoms with Crippen molar-refractivity contribution in [3.8, 4) is 0 Å². The van der Waals surface area contributed by atoms with Crippen LogP contribution in [-0.4, -0.2) is 32.1 Å². The van der Waals surface area contributed by atoms with Gasteiger partial charge in [-0.3, -0.25) is 4.79 Å². The molecule has 0 radical (unpaired) electrons. The second-order valence-corrected chi connectivity index (χ2v) is 5.58. The average molecular weight is 342 g/mol. The summed E-state index contributed by atoms with van der Waals surface area (Å²) in [5.74, 6) is 0.780. The predicted octanol–water partition coefficient (Wildman–Crippen LogP) is 2.35. The number of halogens is 2. The smallest absolute Gasteiger partial charge is 0.255 e. The van der Waals surface area contributed by atoms with Gasteiger partial charge in [0.1, 0.15) is 6.33 Å². The summed E-state index contributed by atoms with van der Waals surface area (Å²) in [4.78, 5) is 14.2. The lowest BCUT2D eigenvalue weighted by Gasteiger charge is -2.27. The molecule has 0 unspecified atom stereocenters. The molecule has 1 aromatic carbocycles. The van der Waals surface area contributed by atoms with Crippen LogP contribution in [0.2, 0.25) is 5.02 Å². The summed E-state index contributed by atoms with van der Waals surface area (Å²) < 4.78 is 2.66. The summed E-state index contributed by atoms with van der Waals surface area (Å²) in [6.07, 6.45) is 1.69. The molecule has 1 aromatic heterocycles. The van der Waals surface area contributed by atoms with Gasteiger partial charge in [-0.05, 0) is 34.1 Å². The van der Waals surface area contributed by atoms with Crippen molar-refractivity contribution in [2.24, 2.45) is 0 Å². The molecular weight excluding hydrogens is 332 g/mol. The average Bonchev–Trinajstić information content (AvgIpc) is 2.85. The van der Waals surface area contributed by atoms with Gasteiger partial charge in [0.15, 0.2) is 5.82 Å². The van der Waals surface area contributed by atoms with Crippen molar-refractivity contribution in [2.45, 2.75) is 13.1 Å². The zero-order valence-electron chi connectivity index (χ0n) is 9.88. The van der Waals surface area contributed by atoms with Gasteiger partial charge in [0.25, 0.3) is 5.91 Å². The highest BCUT2D eigenvalue weighted by atomic mass is 79.9. The van der Waals surface area contributed by atoms with Crippen LogP contribution in [0.25, 0.3) is 0 Å². The van der Waals surface area contributed by atoms with Gasteiger partial charge in [-0.1, -0.05) is 11.6 Å². The summed E-state index contributed by atoms with van der Waals surface area (Å²) in [7, 11) is 0.